The second-order valence-electron chi connectivity index (χ2n) is 4.99. The average Bonchev–Trinajstić information content (AvgIpc) is 2.50. The number of amides is 2. The van der Waals surface area contributed by atoms with Gasteiger partial charge in [0.15, 0.2) is 6.04 Å². The van der Waals surface area contributed by atoms with Crippen molar-refractivity contribution in [3.63, 3.8) is 0 Å². The van der Waals surface area contributed by atoms with Crippen LogP contribution in [0, 0.1) is 0 Å². The molecule has 0 aliphatic rings. The van der Waals surface area contributed by atoms with Gasteiger partial charge in [-0.15, -0.1) is 0 Å². The zero-order valence-electron chi connectivity index (χ0n) is 12.9. The average molecular weight is 324 g/mol. The van der Waals surface area contributed by atoms with E-state index in [1.165, 1.54) is 13.8 Å². The molecule has 2 amide bonds. The molecule has 0 saturated carbocycles. The number of rotatable bonds is 7. The maximum atomic E-state index is 11.8. The van der Waals surface area contributed by atoms with E-state index in [0.29, 0.717) is 0 Å². The third-order valence-electron chi connectivity index (χ3n) is 2.99. The molecule has 0 aliphatic carbocycles. The van der Waals surface area contributed by atoms with Gasteiger partial charge in [-0.3, -0.25) is 4.79 Å². The number of alkyl carbamates (subject to hydrolysis) is 1. The second kappa shape index (κ2) is 8.74. The van der Waals surface area contributed by atoms with Crippen molar-refractivity contribution in [3.8, 4) is 0 Å². The smallest absolute Gasteiger partial charge is 0.408 e. The zero-order chi connectivity index (χ0) is 17.4. The predicted molar refractivity (Wildman–Crippen MR) is 80.5 cm³/mol. The molecule has 0 aliphatic heterocycles. The van der Waals surface area contributed by atoms with Crippen LogP contribution in [-0.4, -0.2) is 46.4 Å². The highest BCUT2D eigenvalue weighted by molar-refractivity contribution is 5.89. The van der Waals surface area contributed by atoms with Crippen LogP contribution in [0.3, 0.4) is 0 Å². The lowest BCUT2D eigenvalue weighted by Crippen LogP contribution is -2.53. The number of carbonyl (C=O) groups excluding carboxylic acids is 2. The van der Waals surface area contributed by atoms with Gasteiger partial charge < -0.3 is 25.6 Å². The van der Waals surface area contributed by atoms with Crippen molar-refractivity contribution in [3.05, 3.63) is 35.9 Å². The standard InChI is InChI=1S/C15H20N2O6/c1-9(13(19)17-12(10(2)18)14(20)21)16-15(22)23-8-11-6-4-3-5-7-11/h3-7,9-10,12,18H,8H2,1-2H3,(H,16,22)(H,17,19)(H,20,21)/t9-,10-,12+/m0/s1. The van der Waals surface area contributed by atoms with Gasteiger partial charge in [0.25, 0.3) is 0 Å². The van der Waals surface area contributed by atoms with Crippen molar-refractivity contribution in [1.29, 1.82) is 0 Å². The second-order valence-corrected chi connectivity index (χ2v) is 4.99. The first-order valence-corrected chi connectivity index (χ1v) is 6.99. The first-order chi connectivity index (χ1) is 10.8. The van der Waals surface area contributed by atoms with Crippen LogP contribution < -0.4 is 10.6 Å². The summed E-state index contributed by atoms with van der Waals surface area (Å²) in [6.45, 7) is 2.66. The SMILES string of the molecule is C[C@H](NC(=O)OCc1ccccc1)C(=O)N[C@@H](C(=O)O)[C@H](C)O. The molecule has 126 valence electrons. The number of carbonyl (C=O) groups is 3. The number of aliphatic hydroxyl groups is 1. The summed E-state index contributed by atoms with van der Waals surface area (Å²) in [5.41, 5.74) is 0.791. The molecule has 1 aromatic carbocycles. The number of benzene rings is 1. The molecule has 0 saturated heterocycles. The molecule has 4 N–H and O–H groups in total. The van der Waals surface area contributed by atoms with E-state index in [0.717, 1.165) is 5.56 Å². The van der Waals surface area contributed by atoms with Crippen LogP contribution in [0.2, 0.25) is 0 Å². The van der Waals surface area contributed by atoms with Crippen LogP contribution >= 0.6 is 0 Å². The number of carboxylic acid groups (broad SMARTS) is 1. The summed E-state index contributed by atoms with van der Waals surface area (Å²) in [5.74, 6) is -2.11. The first-order valence-electron chi connectivity index (χ1n) is 6.99. The fourth-order valence-electron chi connectivity index (χ4n) is 1.67. The summed E-state index contributed by atoms with van der Waals surface area (Å²) in [6, 6.07) is 6.53. The van der Waals surface area contributed by atoms with Crippen LogP contribution in [0.1, 0.15) is 19.4 Å². The number of aliphatic carboxylic acids is 1. The van der Waals surface area contributed by atoms with Crippen LogP contribution in [0.5, 0.6) is 0 Å². The Kier molecular flexibility index (Phi) is 7.01. The van der Waals surface area contributed by atoms with Crippen LogP contribution in [0.4, 0.5) is 4.79 Å². The normalized spacial score (nSPS) is 14.2. The Balaban J connectivity index is 2.44. The maximum Gasteiger partial charge on any atom is 0.408 e. The van der Waals surface area contributed by atoms with Crippen molar-refractivity contribution in [2.24, 2.45) is 0 Å². The van der Waals surface area contributed by atoms with Crippen molar-refractivity contribution in [2.45, 2.75) is 38.6 Å². The Hall–Kier alpha value is -2.61. The van der Waals surface area contributed by atoms with Gasteiger partial charge in [0.1, 0.15) is 12.6 Å². The highest BCUT2D eigenvalue weighted by atomic mass is 16.5. The summed E-state index contributed by atoms with van der Waals surface area (Å²) >= 11 is 0. The number of hydrogen-bond donors (Lipinski definition) is 4. The predicted octanol–water partition coefficient (Wildman–Crippen LogP) is 0.251. The Morgan fingerprint density at radius 2 is 1.74 bits per heavy atom. The lowest BCUT2D eigenvalue weighted by atomic mass is 10.1. The van der Waals surface area contributed by atoms with E-state index in [1.807, 2.05) is 6.07 Å². The Morgan fingerprint density at radius 3 is 2.26 bits per heavy atom. The Morgan fingerprint density at radius 1 is 1.13 bits per heavy atom. The van der Waals surface area contributed by atoms with Gasteiger partial charge in [0.05, 0.1) is 6.10 Å². The molecule has 1 aromatic rings. The van der Waals surface area contributed by atoms with Crippen molar-refractivity contribution in [1.82, 2.24) is 10.6 Å². The number of hydrogen-bond acceptors (Lipinski definition) is 5. The molecular weight excluding hydrogens is 304 g/mol. The van der Waals surface area contributed by atoms with Gasteiger partial charge in [-0.05, 0) is 19.4 Å². The Labute approximate surface area is 133 Å². The van der Waals surface area contributed by atoms with Gasteiger partial charge in [0.2, 0.25) is 5.91 Å². The van der Waals surface area contributed by atoms with Crippen LogP contribution in [-0.2, 0) is 20.9 Å². The highest BCUT2D eigenvalue weighted by Crippen LogP contribution is 2.01. The molecule has 0 spiro atoms. The van der Waals surface area contributed by atoms with E-state index in [-0.39, 0.29) is 6.61 Å². The summed E-state index contributed by atoms with van der Waals surface area (Å²) < 4.78 is 4.95. The van der Waals surface area contributed by atoms with E-state index in [9.17, 15) is 19.5 Å². The molecule has 1 rings (SSSR count). The molecule has 0 fully saturated rings. The van der Waals surface area contributed by atoms with Crippen molar-refractivity contribution >= 4 is 18.0 Å². The molecule has 0 radical (unpaired) electrons. The lowest BCUT2D eigenvalue weighted by molar-refractivity contribution is -0.145. The fraction of sp³-hybridized carbons (Fsp3) is 0.400. The van der Waals surface area contributed by atoms with E-state index in [1.54, 1.807) is 24.3 Å². The molecular formula is C15H20N2O6. The summed E-state index contributed by atoms with van der Waals surface area (Å²) in [6.07, 6.45) is -2.07. The minimum atomic E-state index is -1.45. The van der Waals surface area contributed by atoms with Gasteiger partial charge in [-0.25, -0.2) is 9.59 Å². The lowest BCUT2D eigenvalue weighted by Gasteiger charge is -2.20. The fourth-order valence-corrected chi connectivity index (χ4v) is 1.67. The van der Waals surface area contributed by atoms with Gasteiger partial charge in [-0.2, -0.15) is 0 Å². The quantitative estimate of drug-likeness (QED) is 0.570. The Bertz CT molecular complexity index is 546. The molecule has 0 aromatic heterocycles. The number of carboxylic acids is 1. The molecule has 3 atom stereocenters. The van der Waals surface area contributed by atoms with Gasteiger partial charge in [0, 0.05) is 0 Å². The molecule has 0 unspecified atom stereocenters. The third-order valence-corrected chi connectivity index (χ3v) is 2.99. The molecule has 8 heteroatoms. The topological polar surface area (TPSA) is 125 Å². The van der Waals surface area contributed by atoms with E-state index in [2.05, 4.69) is 10.6 Å². The number of aliphatic hydroxyl groups excluding tert-OH is 1. The first kappa shape index (κ1) is 18.4. The molecule has 23 heavy (non-hydrogen) atoms. The van der Waals surface area contributed by atoms with Crippen LogP contribution in [0.25, 0.3) is 0 Å². The zero-order valence-corrected chi connectivity index (χ0v) is 12.9. The number of ether oxygens (including phenoxy) is 1. The molecule has 8 nitrogen and oxygen atoms in total. The van der Waals surface area contributed by atoms with Crippen molar-refractivity contribution < 1.29 is 29.3 Å². The number of nitrogens with one attached hydrogen (secondary N) is 2. The summed E-state index contributed by atoms with van der Waals surface area (Å²) in [4.78, 5) is 34.3. The summed E-state index contributed by atoms with van der Waals surface area (Å²) in [5, 5.41) is 22.6. The van der Waals surface area contributed by atoms with Crippen LogP contribution in [0.15, 0.2) is 30.3 Å². The third kappa shape index (κ3) is 6.35. The summed E-state index contributed by atoms with van der Waals surface area (Å²) in [7, 11) is 0. The minimum absolute atomic E-state index is 0.0481. The van der Waals surface area contributed by atoms with E-state index >= 15 is 0 Å². The van der Waals surface area contributed by atoms with Gasteiger partial charge >= 0.3 is 12.1 Å². The molecule has 0 bridgehead atoms. The van der Waals surface area contributed by atoms with Gasteiger partial charge in [-0.1, -0.05) is 30.3 Å². The van der Waals surface area contributed by atoms with Crippen molar-refractivity contribution in [2.75, 3.05) is 0 Å². The minimum Gasteiger partial charge on any atom is -0.480 e. The van der Waals surface area contributed by atoms with E-state index < -0.39 is 36.2 Å². The monoisotopic (exact) mass is 324 g/mol. The molecule has 0 heterocycles. The van der Waals surface area contributed by atoms with E-state index in [4.69, 9.17) is 9.84 Å². The maximum absolute atomic E-state index is 11.8. The highest BCUT2D eigenvalue weighted by Gasteiger charge is 2.27. The largest absolute Gasteiger partial charge is 0.480 e.